The predicted molar refractivity (Wildman–Crippen MR) is 76.9 cm³/mol. The SMILES string of the molecule is Cc1ccc(NCc2cc(C(=O)O)ccc2F)c(Cl)c1. The molecule has 0 saturated carbocycles. The van der Waals surface area contributed by atoms with E-state index in [1.807, 2.05) is 13.0 Å². The molecule has 2 aromatic rings. The third kappa shape index (κ3) is 3.27. The van der Waals surface area contributed by atoms with Gasteiger partial charge in [0.15, 0.2) is 0 Å². The van der Waals surface area contributed by atoms with Crippen molar-refractivity contribution in [1.82, 2.24) is 0 Å². The van der Waals surface area contributed by atoms with Crippen molar-refractivity contribution in [3.05, 3.63) is 63.9 Å². The van der Waals surface area contributed by atoms with E-state index < -0.39 is 11.8 Å². The first-order chi connectivity index (χ1) is 9.47. The molecule has 20 heavy (non-hydrogen) atoms. The van der Waals surface area contributed by atoms with Gasteiger partial charge in [-0.25, -0.2) is 9.18 Å². The third-order valence-corrected chi connectivity index (χ3v) is 3.20. The van der Waals surface area contributed by atoms with Gasteiger partial charge in [-0.15, -0.1) is 0 Å². The molecule has 0 fully saturated rings. The van der Waals surface area contributed by atoms with Crippen LogP contribution in [0.4, 0.5) is 10.1 Å². The average molecular weight is 294 g/mol. The second kappa shape index (κ2) is 5.92. The lowest BCUT2D eigenvalue weighted by molar-refractivity contribution is 0.0696. The molecular weight excluding hydrogens is 281 g/mol. The van der Waals surface area contributed by atoms with Gasteiger partial charge in [-0.2, -0.15) is 0 Å². The highest BCUT2D eigenvalue weighted by Crippen LogP contribution is 2.23. The minimum Gasteiger partial charge on any atom is -0.478 e. The van der Waals surface area contributed by atoms with Crippen LogP contribution in [0.1, 0.15) is 21.5 Å². The molecule has 0 unspecified atom stereocenters. The summed E-state index contributed by atoms with van der Waals surface area (Å²) in [6.45, 7) is 2.08. The molecule has 0 spiro atoms. The van der Waals surface area contributed by atoms with Crippen LogP contribution in [0.3, 0.4) is 0 Å². The number of carboxylic acid groups (broad SMARTS) is 1. The Morgan fingerprint density at radius 1 is 1.30 bits per heavy atom. The zero-order valence-electron chi connectivity index (χ0n) is 10.8. The minimum atomic E-state index is -1.08. The normalized spacial score (nSPS) is 10.3. The molecule has 2 N–H and O–H groups in total. The van der Waals surface area contributed by atoms with E-state index in [0.29, 0.717) is 10.7 Å². The highest BCUT2D eigenvalue weighted by Gasteiger charge is 2.09. The lowest BCUT2D eigenvalue weighted by Gasteiger charge is -2.10. The van der Waals surface area contributed by atoms with E-state index >= 15 is 0 Å². The second-order valence-electron chi connectivity index (χ2n) is 4.45. The average Bonchev–Trinajstić information content (AvgIpc) is 2.39. The van der Waals surface area contributed by atoms with Crippen LogP contribution in [-0.2, 0) is 6.54 Å². The Hall–Kier alpha value is -2.07. The quantitative estimate of drug-likeness (QED) is 0.892. The molecule has 3 nitrogen and oxygen atoms in total. The fraction of sp³-hybridized carbons (Fsp3) is 0.133. The fourth-order valence-corrected chi connectivity index (χ4v) is 2.10. The van der Waals surface area contributed by atoms with Crippen LogP contribution in [0.2, 0.25) is 5.02 Å². The maximum Gasteiger partial charge on any atom is 0.335 e. The highest BCUT2D eigenvalue weighted by atomic mass is 35.5. The first kappa shape index (κ1) is 14.3. The number of halogens is 2. The summed E-state index contributed by atoms with van der Waals surface area (Å²) < 4.78 is 13.6. The van der Waals surface area contributed by atoms with Crippen molar-refractivity contribution >= 4 is 23.3 Å². The summed E-state index contributed by atoms with van der Waals surface area (Å²) in [4.78, 5) is 10.9. The zero-order chi connectivity index (χ0) is 14.7. The second-order valence-corrected chi connectivity index (χ2v) is 4.86. The van der Waals surface area contributed by atoms with Crippen molar-refractivity contribution in [3.63, 3.8) is 0 Å². The van der Waals surface area contributed by atoms with Crippen molar-refractivity contribution in [2.24, 2.45) is 0 Å². The van der Waals surface area contributed by atoms with Crippen LogP contribution >= 0.6 is 11.6 Å². The molecule has 0 aliphatic heterocycles. The molecule has 0 aromatic heterocycles. The Labute approximate surface area is 121 Å². The number of rotatable bonds is 4. The number of hydrogen-bond donors (Lipinski definition) is 2. The molecule has 2 rings (SSSR count). The first-order valence-corrected chi connectivity index (χ1v) is 6.37. The Morgan fingerprint density at radius 2 is 2.05 bits per heavy atom. The number of carboxylic acids is 1. The van der Waals surface area contributed by atoms with Crippen molar-refractivity contribution < 1.29 is 14.3 Å². The number of aromatic carboxylic acids is 1. The van der Waals surface area contributed by atoms with E-state index in [2.05, 4.69) is 5.32 Å². The van der Waals surface area contributed by atoms with Crippen molar-refractivity contribution in [2.75, 3.05) is 5.32 Å². The first-order valence-electron chi connectivity index (χ1n) is 5.99. The Morgan fingerprint density at radius 3 is 2.70 bits per heavy atom. The van der Waals surface area contributed by atoms with Crippen LogP contribution in [0.25, 0.3) is 0 Å². The molecule has 0 bridgehead atoms. The Kier molecular flexibility index (Phi) is 4.25. The van der Waals surface area contributed by atoms with Crippen molar-refractivity contribution in [1.29, 1.82) is 0 Å². The van der Waals surface area contributed by atoms with E-state index in [-0.39, 0.29) is 17.7 Å². The molecular formula is C15H13ClFNO2. The zero-order valence-corrected chi connectivity index (χ0v) is 11.5. The summed E-state index contributed by atoms with van der Waals surface area (Å²) in [6, 6.07) is 9.19. The lowest BCUT2D eigenvalue weighted by Crippen LogP contribution is -2.05. The van der Waals surface area contributed by atoms with Gasteiger partial charge in [0.05, 0.1) is 16.3 Å². The number of nitrogens with one attached hydrogen (secondary N) is 1. The summed E-state index contributed by atoms with van der Waals surface area (Å²) in [5.41, 5.74) is 2.04. The van der Waals surface area contributed by atoms with Gasteiger partial charge in [-0.3, -0.25) is 0 Å². The number of aryl methyl sites for hydroxylation is 1. The molecule has 0 aliphatic carbocycles. The van der Waals surface area contributed by atoms with Gasteiger partial charge >= 0.3 is 5.97 Å². The predicted octanol–water partition coefficient (Wildman–Crippen LogP) is 4.10. The minimum absolute atomic E-state index is 0.0539. The topological polar surface area (TPSA) is 49.3 Å². The molecule has 0 atom stereocenters. The van der Waals surface area contributed by atoms with Crippen LogP contribution in [0.15, 0.2) is 36.4 Å². The van der Waals surface area contributed by atoms with Gasteiger partial charge in [0.25, 0.3) is 0 Å². The molecule has 0 heterocycles. The molecule has 0 amide bonds. The van der Waals surface area contributed by atoms with Gasteiger partial charge in [-0.1, -0.05) is 17.7 Å². The maximum atomic E-state index is 13.6. The number of benzene rings is 2. The van der Waals surface area contributed by atoms with E-state index in [0.717, 1.165) is 11.6 Å². The molecule has 2 aromatic carbocycles. The number of hydrogen-bond acceptors (Lipinski definition) is 2. The monoisotopic (exact) mass is 293 g/mol. The van der Waals surface area contributed by atoms with Crippen molar-refractivity contribution in [3.8, 4) is 0 Å². The number of anilines is 1. The van der Waals surface area contributed by atoms with Crippen LogP contribution in [0.5, 0.6) is 0 Å². The number of carbonyl (C=O) groups is 1. The largest absolute Gasteiger partial charge is 0.478 e. The van der Waals surface area contributed by atoms with E-state index in [4.69, 9.17) is 16.7 Å². The van der Waals surface area contributed by atoms with Crippen molar-refractivity contribution in [2.45, 2.75) is 13.5 Å². The van der Waals surface area contributed by atoms with Crippen LogP contribution < -0.4 is 5.32 Å². The summed E-state index contributed by atoms with van der Waals surface area (Å²) in [7, 11) is 0. The van der Waals surface area contributed by atoms with Gasteiger partial charge in [0.1, 0.15) is 5.82 Å². The molecule has 0 saturated heterocycles. The van der Waals surface area contributed by atoms with Gasteiger partial charge in [-0.05, 0) is 42.8 Å². The summed E-state index contributed by atoms with van der Waals surface area (Å²) in [5, 5.41) is 12.4. The van der Waals surface area contributed by atoms with E-state index in [9.17, 15) is 9.18 Å². The lowest BCUT2D eigenvalue weighted by atomic mass is 10.1. The summed E-state index contributed by atoms with van der Waals surface area (Å²) in [6.07, 6.45) is 0. The van der Waals surface area contributed by atoms with Gasteiger partial charge in [0, 0.05) is 12.1 Å². The third-order valence-electron chi connectivity index (χ3n) is 2.89. The van der Waals surface area contributed by atoms with Gasteiger partial charge < -0.3 is 10.4 Å². The summed E-state index contributed by atoms with van der Waals surface area (Å²) >= 11 is 6.07. The molecule has 104 valence electrons. The Balaban J connectivity index is 2.18. The van der Waals surface area contributed by atoms with Crippen LogP contribution in [0, 0.1) is 12.7 Å². The maximum absolute atomic E-state index is 13.6. The van der Waals surface area contributed by atoms with E-state index in [1.165, 1.54) is 12.1 Å². The van der Waals surface area contributed by atoms with Crippen LogP contribution in [-0.4, -0.2) is 11.1 Å². The fourth-order valence-electron chi connectivity index (χ4n) is 1.80. The standard InChI is InChI=1S/C15H13ClFNO2/c1-9-2-5-14(12(16)6-9)18-8-11-7-10(15(19)20)3-4-13(11)17/h2-7,18H,8H2,1H3,(H,19,20). The smallest absolute Gasteiger partial charge is 0.335 e. The summed E-state index contributed by atoms with van der Waals surface area (Å²) in [5.74, 6) is -1.54. The van der Waals surface area contributed by atoms with E-state index in [1.54, 1.807) is 12.1 Å². The van der Waals surface area contributed by atoms with Gasteiger partial charge in [0.2, 0.25) is 0 Å². The Bertz CT molecular complexity index is 658. The molecule has 0 radical (unpaired) electrons. The molecule has 5 heteroatoms. The highest BCUT2D eigenvalue weighted by molar-refractivity contribution is 6.33. The molecule has 0 aliphatic rings.